The molecule has 0 aliphatic rings. The van der Waals surface area contributed by atoms with E-state index in [1.165, 1.54) is 36.4 Å². The molecule has 0 radical (unpaired) electrons. The van der Waals surface area contributed by atoms with Crippen molar-refractivity contribution in [2.24, 2.45) is 0 Å². The number of carbonyl (C=O) groups excluding carboxylic acids is 5. The normalized spacial score (nSPS) is 11.5. The third-order valence-corrected chi connectivity index (χ3v) is 10.4. The zero-order valence-corrected chi connectivity index (χ0v) is 41.5. The van der Waals surface area contributed by atoms with Gasteiger partial charge in [-0.3, -0.25) is 24.0 Å². The highest BCUT2D eigenvalue weighted by Gasteiger charge is 2.19. The van der Waals surface area contributed by atoms with Crippen molar-refractivity contribution in [1.29, 1.82) is 0 Å². The monoisotopic (exact) mass is 1020 g/mol. The Kier molecular flexibility index (Phi) is 19.1. The SMILES string of the molecule is CCC(=O)OC(C)(C)C.C[C@H](NC(=O)c1cc(C(=O)NCc2ccc(F)cc2)ncn1)c1ccc(-c2nn[nH]n2)cc1.C[C@H](NC(=O)c1cc(C(=O)NCc2ccc(F)cc2)ncn1)c1ccc(-c2nn[nH]n2)cc1. The number of hydrogen-bond donors (Lipinski definition) is 6. The molecule has 22 nitrogen and oxygen atoms in total. The summed E-state index contributed by atoms with van der Waals surface area (Å²) in [5, 5.41) is 38.6. The lowest BCUT2D eigenvalue weighted by Gasteiger charge is -2.18. The van der Waals surface area contributed by atoms with Crippen LogP contribution in [0, 0.1) is 11.6 Å². The fourth-order valence-corrected chi connectivity index (χ4v) is 6.49. The second kappa shape index (κ2) is 26.2. The number of amides is 4. The minimum atomic E-state index is -0.471. The van der Waals surface area contributed by atoms with E-state index in [2.05, 4.69) is 82.5 Å². The van der Waals surface area contributed by atoms with Crippen molar-refractivity contribution in [3.63, 3.8) is 0 Å². The van der Waals surface area contributed by atoms with Gasteiger partial charge in [-0.1, -0.05) is 79.7 Å². The molecule has 8 aromatic rings. The van der Waals surface area contributed by atoms with Crippen molar-refractivity contribution in [2.75, 3.05) is 0 Å². The van der Waals surface area contributed by atoms with E-state index in [0.717, 1.165) is 46.0 Å². The van der Waals surface area contributed by atoms with Crippen LogP contribution in [-0.4, -0.2) is 96.4 Å². The first-order valence-corrected chi connectivity index (χ1v) is 23.1. The van der Waals surface area contributed by atoms with Crippen LogP contribution in [-0.2, 0) is 22.6 Å². The number of aromatic amines is 2. The Bertz CT molecular complexity index is 2940. The Morgan fingerprint density at radius 1 is 0.547 bits per heavy atom. The van der Waals surface area contributed by atoms with E-state index in [1.54, 1.807) is 31.2 Å². The van der Waals surface area contributed by atoms with Gasteiger partial charge in [0.2, 0.25) is 11.6 Å². The van der Waals surface area contributed by atoms with E-state index in [9.17, 15) is 32.8 Å². The van der Waals surface area contributed by atoms with Gasteiger partial charge in [0.1, 0.15) is 52.7 Å². The highest BCUT2D eigenvalue weighted by molar-refractivity contribution is 5.98. The lowest BCUT2D eigenvalue weighted by molar-refractivity contribution is -0.154. The van der Waals surface area contributed by atoms with Crippen molar-refractivity contribution in [2.45, 2.75) is 78.7 Å². The summed E-state index contributed by atoms with van der Waals surface area (Å²) >= 11 is 0. The van der Waals surface area contributed by atoms with Gasteiger partial charge in [0.05, 0.1) is 12.1 Å². The Hall–Kier alpha value is -9.61. The zero-order valence-electron chi connectivity index (χ0n) is 41.5. The Balaban J connectivity index is 0.000000210. The van der Waals surface area contributed by atoms with Gasteiger partial charge in [0, 0.05) is 42.8 Å². The number of nitrogens with one attached hydrogen (secondary N) is 6. The Labute approximate surface area is 428 Å². The van der Waals surface area contributed by atoms with Crippen molar-refractivity contribution < 1.29 is 37.5 Å². The number of esters is 1. The van der Waals surface area contributed by atoms with E-state index in [0.29, 0.717) is 18.1 Å². The van der Waals surface area contributed by atoms with Crippen molar-refractivity contribution >= 4 is 29.6 Å². The molecule has 4 aromatic heterocycles. The number of H-pyrrole nitrogens is 2. The lowest BCUT2D eigenvalue weighted by atomic mass is 10.1. The number of hydrogen-bond acceptors (Lipinski definition) is 16. The van der Waals surface area contributed by atoms with Gasteiger partial charge in [-0.25, -0.2) is 28.7 Å². The molecular formula is C51H52F2N16O6. The molecule has 4 aromatic carbocycles. The summed E-state index contributed by atoms with van der Waals surface area (Å²) in [5.74, 6) is -1.72. The van der Waals surface area contributed by atoms with Crippen LogP contribution in [0.2, 0.25) is 0 Å². The molecule has 0 saturated heterocycles. The molecule has 0 spiro atoms. The standard InChI is InChI=1S/2C22H19FN8O2.C7H14O2/c2*1-13(15-4-6-16(7-5-15)20-28-30-31-29-20)27-22(33)19-10-18(25-12-26-19)21(32)24-11-14-2-8-17(23)9-3-14;1-5-6(8)9-7(2,3)4/h2*2-10,12-13H,11H2,1H3,(H,24,32)(H,27,33)(H,28,29,30,31);5H2,1-4H3/t2*13-;/m00./s1. The molecule has 4 amide bonds. The fraction of sp³-hybridized carbons (Fsp3) is 0.235. The molecule has 8 rings (SSSR count). The van der Waals surface area contributed by atoms with Gasteiger partial charge >= 0.3 is 5.97 Å². The summed E-state index contributed by atoms with van der Waals surface area (Å²) in [6.07, 6.45) is 2.77. The van der Waals surface area contributed by atoms with Crippen LogP contribution >= 0.6 is 0 Å². The van der Waals surface area contributed by atoms with Gasteiger partial charge in [-0.15, -0.1) is 20.4 Å². The van der Waals surface area contributed by atoms with E-state index in [1.807, 2.05) is 83.1 Å². The van der Waals surface area contributed by atoms with Crippen LogP contribution in [0.5, 0.6) is 0 Å². The van der Waals surface area contributed by atoms with Gasteiger partial charge in [-0.05, 0) is 91.6 Å². The third-order valence-electron chi connectivity index (χ3n) is 10.4. The molecule has 0 aliphatic heterocycles. The fourth-order valence-electron chi connectivity index (χ4n) is 6.49. The molecule has 6 N–H and O–H groups in total. The number of aromatic nitrogens is 12. The molecule has 75 heavy (non-hydrogen) atoms. The maximum Gasteiger partial charge on any atom is 0.306 e. The summed E-state index contributed by atoms with van der Waals surface area (Å²) in [6.45, 7) is 11.4. The summed E-state index contributed by atoms with van der Waals surface area (Å²) in [5.41, 5.74) is 4.67. The van der Waals surface area contributed by atoms with Crippen molar-refractivity contribution in [3.05, 3.63) is 179 Å². The molecule has 4 heterocycles. The van der Waals surface area contributed by atoms with Crippen LogP contribution in [0.1, 0.15) is 124 Å². The Morgan fingerprint density at radius 3 is 1.21 bits per heavy atom. The topological polar surface area (TPSA) is 303 Å². The van der Waals surface area contributed by atoms with Gasteiger partial charge < -0.3 is 26.0 Å². The number of rotatable bonds is 15. The first-order valence-electron chi connectivity index (χ1n) is 23.1. The highest BCUT2D eigenvalue weighted by atomic mass is 19.1. The smallest absolute Gasteiger partial charge is 0.306 e. The predicted molar refractivity (Wildman–Crippen MR) is 266 cm³/mol. The molecule has 386 valence electrons. The second-order valence-electron chi connectivity index (χ2n) is 17.2. The minimum Gasteiger partial charge on any atom is -0.460 e. The first-order chi connectivity index (χ1) is 35.9. The van der Waals surface area contributed by atoms with E-state index in [4.69, 9.17) is 4.74 Å². The third kappa shape index (κ3) is 17.0. The summed E-state index contributed by atoms with van der Waals surface area (Å²) in [6, 6.07) is 28.3. The lowest BCUT2D eigenvalue weighted by Crippen LogP contribution is -2.29. The highest BCUT2D eigenvalue weighted by Crippen LogP contribution is 2.20. The quantitative estimate of drug-likeness (QED) is 0.0626. The van der Waals surface area contributed by atoms with Crippen LogP contribution in [0.25, 0.3) is 22.8 Å². The average Bonchev–Trinajstić information content (AvgIpc) is 4.17. The first kappa shape index (κ1) is 54.7. The largest absolute Gasteiger partial charge is 0.460 e. The predicted octanol–water partition coefficient (Wildman–Crippen LogP) is 6.17. The van der Waals surface area contributed by atoms with Crippen LogP contribution in [0.3, 0.4) is 0 Å². The van der Waals surface area contributed by atoms with Gasteiger partial charge in [0.25, 0.3) is 23.6 Å². The maximum absolute atomic E-state index is 13.0. The molecule has 0 unspecified atom stereocenters. The van der Waals surface area contributed by atoms with Gasteiger partial charge in [-0.2, -0.15) is 10.4 Å². The summed E-state index contributed by atoms with van der Waals surface area (Å²) in [7, 11) is 0. The molecule has 0 fully saturated rings. The van der Waals surface area contributed by atoms with Crippen molar-refractivity contribution in [1.82, 2.24) is 82.5 Å². The van der Waals surface area contributed by atoms with Crippen LogP contribution in [0.15, 0.2) is 122 Å². The second-order valence-corrected chi connectivity index (χ2v) is 17.2. The van der Waals surface area contributed by atoms with Crippen molar-refractivity contribution in [3.8, 4) is 22.8 Å². The molecule has 2 atom stereocenters. The number of carbonyl (C=O) groups is 5. The van der Waals surface area contributed by atoms with Crippen LogP contribution in [0.4, 0.5) is 8.78 Å². The summed E-state index contributed by atoms with van der Waals surface area (Å²) < 4.78 is 30.9. The molecule has 24 heteroatoms. The molecule has 0 bridgehead atoms. The summed E-state index contributed by atoms with van der Waals surface area (Å²) in [4.78, 5) is 76.6. The number of tetrazole rings is 2. The number of benzene rings is 4. The van der Waals surface area contributed by atoms with E-state index in [-0.39, 0.29) is 71.2 Å². The van der Waals surface area contributed by atoms with Gasteiger partial charge in [0.15, 0.2) is 0 Å². The average molecular weight is 1020 g/mol. The Morgan fingerprint density at radius 2 is 0.907 bits per heavy atom. The minimum absolute atomic E-state index is 0.0504. The number of halogens is 2. The maximum atomic E-state index is 13.0. The van der Waals surface area contributed by atoms with Crippen LogP contribution < -0.4 is 21.3 Å². The van der Waals surface area contributed by atoms with E-state index >= 15 is 0 Å². The van der Waals surface area contributed by atoms with E-state index < -0.39 is 23.6 Å². The molecule has 0 saturated carbocycles. The molecule has 0 aliphatic carbocycles. The zero-order chi connectivity index (χ0) is 53.9. The number of ether oxygens (including phenoxy) is 1. The molecular weight excluding hydrogens is 971 g/mol. The number of nitrogens with zero attached hydrogens (tertiary/aromatic N) is 10.